The molecule has 1 amide bonds. The number of hydrogen-bond acceptors (Lipinski definition) is 8. The molecule has 224 valence electrons. The van der Waals surface area contributed by atoms with Gasteiger partial charge in [0.2, 0.25) is 5.79 Å². The maximum atomic E-state index is 12.7. The number of amides is 1. The van der Waals surface area contributed by atoms with Crippen molar-refractivity contribution in [1.82, 2.24) is 5.32 Å². The van der Waals surface area contributed by atoms with Crippen molar-refractivity contribution in [3.63, 3.8) is 0 Å². The number of ether oxygens (including phenoxy) is 3. The normalized spacial score (nSPS) is 35.4. The maximum absolute atomic E-state index is 12.7. The minimum atomic E-state index is -0.813. The molecule has 1 spiro atoms. The van der Waals surface area contributed by atoms with E-state index in [-0.39, 0.29) is 30.1 Å². The average Bonchev–Trinajstić information content (AvgIpc) is 3.24. The van der Waals surface area contributed by atoms with Gasteiger partial charge in [-0.2, -0.15) is 0 Å². The van der Waals surface area contributed by atoms with E-state index in [1.165, 1.54) is 0 Å². The molecule has 4 unspecified atom stereocenters. The third-order valence-electron chi connectivity index (χ3n) is 9.66. The van der Waals surface area contributed by atoms with E-state index < -0.39 is 24.0 Å². The van der Waals surface area contributed by atoms with Crippen molar-refractivity contribution in [2.24, 2.45) is 28.7 Å². The lowest BCUT2D eigenvalue weighted by atomic mass is 9.58. The summed E-state index contributed by atoms with van der Waals surface area (Å²) in [5, 5.41) is 2.59. The Bertz CT molecular complexity index is 1330. The van der Waals surface area contributed by atoms with Gasteiger partial charge in [0.05, 0.1) is 6.61 Å². The second kappa shape index (κ2) is 11.6. The Hall–Kier alpha value is -2.95. The zero-order chi connectivity index (χ0) is 29.5. The molecular formula is C33H40N2O7. The van der Waals surface area contributed by atoms with Crippen LogP contribution in [0.5, 0.6) is 0 Å². The molecule has 5 aliphatic rings. The lowest BCUT2D eigenvalue weighted by molar-refractivity contribution is -0.577. The van der Waals surface area contributed by atoms with Crippen molar-refractivity contribution in [3.8, 4) is 0 Å². The van der Waals surface area contributed by atoms with Gasteiger partial charge in [-0.3, -0.25) is 14.6 Å². The van der Waals surface area contributed by atoms with Gasteiger partial charge in [-0.1, -0.05) is 50.2 Å². The van der Waals surface area contributed by atoms with Gasteiger partial charge in [0.15, 0.2) is 24.0 Å². The molecule has 4 saturated heterocycles. The first-order valence-electron chi connectivity index (χ1n) is 15.0. The highest BCUT2D eigenvalue weighted by Gasteiger charge is 2.69. The van der Waals surface area contributed by atoms with Crippen LogP contribution in [0.4, 0.5) is 0 Å². The van der Waals surface area contributed by atoms with Gasteiger partial charge in [0.25, 0.3) is 5.91 Å². The number of rotatable bonds is 8. The number of benzene rings is 2. The summed E-state index contributed by atoms with van der Waals surface area (Å²) in [7, 11) is 1.59. The molecule has 2 aromatic rings. The molecule has 2 bridgehead atoms. The molecule has 1 saturated carbocycles. The van der Waals surface area contributed by atoms with Crippen LogP contribution in [0.2, 0.25) is 0 Å². The summed E-state index contributed by atoms with van der Waals surface area (Å²) in [6, 6.07) is 14.5. The zero-order valence-corrected chi connectivity index (χ0v) is 24.7. The van der Waals surface area contributed by atoms with E-state index in [9.17, 15) is 9.59 Å². The Morgan fingerprint density at radius 2 is 1.74 bits per heavy atom. The van der Waals surface area contributed by atoms with Crippen LogP contribution < -0.4 is 5.32 Å². The van der Waals surface area contributed by atoms with Crippen molar-refractivity contribution in [3.05, 3.63) is 70.8 Å². The molecular weight excluding hydrogens is 536 g/mol. The molecule has 1 aliphatic carbocycles. The monoisotopic (exact) mass is 576 g/mol. The summed E-state index contributed by atoms with van der Waals surface area (Å²) >= 11 is 0. The van der Waals surface area contributed by atoms with Gasteiger partial charge in [0, 0.05) is 42.6 Å². The average molecular weight is 577 g/mol. The first-order chi connectivity index (χ1) is 20.2. The van der Waals surface area contributed by atoms with Crippen LogP contribution in [0.15, 0.2) is 53.5 Å². The molecule has 2 aromatic carbocycles. The van der Waals surface area contributed by atoms with Crippen LogP contribution >= 0.6 is 0 Å². The Labute approximate surface area is 246 Å². The third kappa shape index (κ3) is 5.33. The van der Waals surface area contributed by atoms with Crippen molar-refractivity contribution >= 4 is 17.9 Å². The molecule has 5 fully saturated rings. The fraction of sp³-hybridized carbons (Fsp3) is 0.545. The van der Waals surface area contributed by atoms with Crippen molar-refractivity contribution in [2.45, 2.75) is 77.0 Å². The SMILES string of the molecule is CNC(=O)c1ccc(C=NCC(=O)c2ccc(COC3OC4O[C@]5(C)CCC6[C@H](C)CCC([C@H]3C)[C@@]46OO5)cc2)cc1. The van der Waals surface area contributed by atoms with Crippen LogP contribution in [0, 0.1) is 23.7 Å². The van der Waals surface area contributed by atoms with Crippen molar-refractivity contribution in [2.75, 3.05) is 13.6 Å². The Kier molecular flexibility index (Phi) is 8.06. The number of hydrogen-bond donors (Lipinski definition) is 1. The van der Waals surface area contributed by atoms with E-state index in [2.05, 4.69) is 24.2 Å². The summed E-state index contributed by atoms with van der Waals surface area (Å²) in [4.78, 5) is 40.8. The lowest BCUT2D eigenvalue weighted by Gasteiger charge is -2.60. The summed E-state index contributed by atoms with van der Waals surface area (Å²) in [6.45, 7) is 6.80. The number of carbonyl (C=O) groups is 2. The summed E-state index contributed by atoms with van der Waals surface area (Å²) in [5.74, 6) is 0.105. The van der Waals surface area contributed by atoms with Crippen molar-refractivity contribution < 1.29 is 33.6 Å². The number of carbonyl (C=O) groups excluding carboxylic acids is 2. The molecule has 8 atom stereocenters. The molecule has 4 aliphatic heterocycles. The molecule has 42 heavy (non-hydrogen) atoms. The first kappa shape index (κ1) is 29.1. The first-order valence-corrected chi connectivity index (χ1v) is 15.0. The smallest absolute Gasteiger partial charge is 0.251 e. The van der Waals surface area contributed by atoms with Crippen LogP contribution in [0.25, 0.3) is 0 Å². The standard InChI is InChI=1S/C33H40N2O7/c1-20-5-14-27-21(2)30(39-31-33(27)26(20)15-16-32(3,40-31)41-42-33)38-19-23-8-10-24(11-9-23)28(36)18-35-17-22-6-12-25(13-7-22)29(37)34-4/h6-13,17,20-21,26-27,30-31H,5,14-16,18-19H2,1-4H3,(H,34,37)/t20-,21-,26?,27?,30?,31?,32+,33-/m1/s1. The predicted octanol–water partition coefficient (Wildman–Crippen LogP) is 5.07. The van der Waals surface area contributed by atoms with Gasteiger partial charge in [-0.15, -0.1) is 0 Å². The van der Waals surface area contributed by atoms with Crippen LogP contribution in [-0.4, -0.2) is 55.5 Å². The second-order valence-electron chi connectivity index (χ2n) is 12.4. The predicted molar refractivity (Wildman–Crippen MR) is 155 cm³/mol. The van der Waals surface area contributed by atoms with Gasteiger partial charge in [-0.05, 0) is 61.3 Å². The summed E-state index contributed by atoms with van der Waals surface area (Å²) in [5.41, 5.74) is 2.33. The fourth-order valence-electron chi connectivity index (χ4n) is 7.22. The quantitative estimate of drug-likeness (QED) is 0.266. The van der Waals surface area contributed by atoms with Gasteiger partial charge in [0.1, 0.15) is 6.54 Å². The Morgan fingerprint density at radius 1 is 1.00 bits per heavy atom. The molecule has 7 rings (SSSR count). The molecule has 4 heterocycles. The highest BCUT2D eigenvalue weighted by atomic mass is 17.3. The van der Waals surface area contributed by atoms with E-state index in [0.717, 1.165) is 36.8 Å². The van der Waals surface area contributed by atoms with Crippen molar-refractivity contribution in [1.29, 1.82) is 0 Å². The fourth-order valence-corrected chi connectivity index (χ4v) is 7.22. The topological polar surface area (TPSA) is 105 Å². The highest BCUT2D eigenvalue weighted by molar-refractivity contribution is 5.99. The number of aliphatic imine (C=N–C) groups is 1. The largest absolute Gasteiger partial charge is 0.355 e. The van der Waals surface area contributed by atoms with Crippen LogP contribution in [0.3, 0.4) is 0 Å². The van der Waals surface area contributed by atoms with E-state index >= 15 is 0 Å². The van der Waals surface area contributed by atoms with Gasteiger partial charge < -0.3 is 19.5 Å². The number of nitrogens with one attached hydrogen (secondary N) is 1. The number of fused-ring (bicyclic) bond motifs is 2. The Morgan fingerprint density at radius 3 is 2.48 bits per heavy atom. The lowest BCUT2D eigenvalue weighted by Crippen LogP contribution is -2.70. The van der Waals surface area contributed by atoms with Crippen LogP contribution in [-0.2, 0) is 30.6 Å². The van der Waals surface area contributed by atoms with E-state index in [1.807, 2.05) is 19.1 Å². The van der Waals surface area contributed by atoms with E-state index in [4.69, 9.17) is 24.0 Å². The van der Waals surface area contributed by atoms with Crippen LogP contribution in [0.1, 0.15) is 78.3 Å². The number of ketones is 1. The summed E-state index contributed by atoms with van der Waals surface area (Å²) in [6.07, 6.45) is 4.60. The third-order valence-corrected chi connectivity index (χ3v) is 9.66. The molecule has 0 radical (unpaired) electrons. The molecule has 0 aromatic heterocycles. The number of Topliss-reactive ketones (excluding diaryl/α,β-unsaturated/α-hetero) is 1. The maximum Gasteiger partial charge on any atom is 0.251 e. The molecule has 9 nitrogen and oxygen atoms in total. The summed E-state index contributed by atoms with van der Waals surface area (Å²) < 4.78 is 19.3. The molecule has 1 N–H and O–H groups in total. The van der Waals surface area contributed by atoms with Gasteiger partial charge in [-0.25, -0.2) is 9.78 Å². The van der Waals surface area contributed by atoms with E-state index in [0.29, 0.717) is 29.6 Å². The van der Waals surface area contributed by atoms with E-state index in [1.54, 1.807) is 49.7 Å². The second-order valence-corrected chi connectivity index (χ2v) is 12.4. The Balaban J connectivity index is 1.05. The number of nitrogens with zero attached hydrogens (tertiary/aromatic N) is 1. The van der Waals surface area contributed by atoms with Gasteiger partial charge >= 0.3 is 0 Å². The minimum Gasteiger partial charge on any atom is -0.355 e. The highest BCUT2D eigenvalue weighted by Crippen LogP contribution is 2.60. The molecule has 9 heteroatoms. The zero-order valence-electron chi connectivity index (χ0n) is 24.7. The minimum absolute atomic E-state index is 0.0370.